The fraction of sp³-hybridized carbons (Fsp3) is 0.429. The number of nitrogens with one attached hydrogen (secondary N) is 1. The van der Waals surface area contributed by atoms with Gasteiger partial charge in [0, 0.05) is 44.6 Å². The number of amides is 1. The lowest BCUT2D eigenvalue weighted by Crippen LogP contribution is -2.37. The smallest absolute Gasteiger partial charge is 0.474 e. The number of aromatic nitrogens is 2. The molecule has 2 N–H and O–H groups in total. The van der Waals surface area contributed by atoms with Crippen molar-refractivity contribution in [2.75, 3.05) is 20.8 Å². The monoisotopic (exact) mass is 593 g/mol. The normalized spacial score (nSPS) is 13.3. The van der Waals surface area contributed by atoms with Crippen LogP contribution in [-0.2, 0) is 31.6 Å². The van der Waals surface area contributed by atoms with Crippen molar-refractivity contribution < 1.29 is 32.8 Å². The van der Waals surface area contributed by atoms with Crippen LogP contribution in [0.1, 0.15) is 55.0 Å². The number of carbonyl (C=O) groups is 1. The quantitative estimate of drug-likeness (QED) is 0.227. The number of aryl methyl sites for hydroxylation is 1. The highest BCUT2D eigenvalue weighted by atomic mass is 35.5. The summed E-state index contributed by atoms with van der Waals surface area (Å²) in [5.74, 6) is 0.761. The van der Waals surface area contributed by atoms with Crippen LogP contribution in [0.2, 0.25) is 5.02 Å². The fourth-order valence-electron chi connectivity index (χ4n) is 4.08. The molecule has 0 bridgehead atoms. The van der Waals surface area contributed by atoms with Gasteiger partial charge in [-0.15, -0.1) is 0 Å². The molecule has 1 unspecified atom stereocenters. The van der Waals surface area contributed by atoms with E-state index in [1.165, 1.54) is 14.2 Å². The Labute approximate surface area is 240 Å². The summed E-state index contributed by atoms with van der Waals surface area (Å²) >= 11 is 6.34. The maximum absolute atomic E-state index is 13.1. The van der Waals surface area contributed by atoms with Gasteiger partial charge in [-0.05, 0) is 57.4 Å². The van der Waals surface area contributed by atoms with E-state index in [2.05, 4.69) is 10.3 Å². The van der Waals surface area contributed by atoms with Crippen molar-refractivity contribution in [1.82, 2.24) is 14.9 Å². The molecule has 0 aliphatic rings. The van der Waals surface area contributed by atoms with Gasteiger partial charge in [0.15, 0.2) is 0 Å². The van der Waals surface area contributed by atoms with Gasteiger partial charge in [0.25, 0.3) is 5.91 Å². The van der Waals surface area contributed by atoms with E-state index in [9.17, 15) is 14.5 Å². The first-order chi connectivity index (χ1) is 18.9. The molecule has 1 heterocycles. The van der Waals surface area contributed by atoms with Crippen LogP contribution < -0.4 is 10.1 Å². The maximum Gasteiger partial charge on any atom is 0.474 e. The van der Waals surface area contributed by atoms with Crippen LogP contribution in [-0.4, -0.2) is 53.5 Å². The molecule has 12 heteroatoms. The molecule has 2 aromatic carbocycles. The van der Waals surface area contributed by atoms with Crippen LogP contribution in [0, 0.1) is 0 Å². The number of ether oxygens (including phenoxy) is 1. The van der Waals surface area contributed by atoms with Crippen molar-refractivity contribution in [1.29, 1.82) is 0 Å². The van der Waals surface area contributed by atoms with Crippen LogP contribution in [0.15, 0.2) is 48.7 Å². The summed E-state index contributed by atoms with van der Waals surface area (Å²) in [4.78, 5) is 17.7. The van der Waals surface area contributed by atoms with E-state index in [0.717, 1.165) is 16.8 Å². The Hall–Kier alpha value is -2.72. The molecule has 218 valence electrons. The fourth-order valence-corrected chi connectivity index (χ4v) is 4.99. The van der Waals surface area contributed by atoms with E-state index in [-0.39, 0.29) is 24.7 Å². The average Bonchev–Trinajstić information content (AvgIpc) is 3.31. The highest BCUT2D eigenvalue weighted by molar-refractivity contribution is 7.48. The molecule has 3 rings (SSSR count). The lowest BCUT2D eigenvalue weighted by atomic mass is 10.0. The SMILES string of the molecule is COP(=O)(OC)OCC[C@H](Cc1ccc(-c2cn(C)c(C(C)O)n2)cc1)NC(=O)c1ccc(OC(C)C)c(Cl)c1. The topological polar surface area (TPSA) is 121 Å². The van der Waals surface area contributed by atoms with Gasteiger partial charge in [0.1, 0.15) is 17.7 Å². The molecule has 0 saturated carbocycles. The summed E-state index contributed by atoms with van der Waals surface area (Å²) in [5, 5.41) is 13.3. The first kappa shape index (κ1) is 31.8. The summed E-state index contributed by atoms with van der Waals surface area (Å²) in [6.45, 7) is 5.49. The number of halogens is 1. The molecule has 1 amide bonds. The Morgan fingerprint density at radius 3 is 2.35 bits per heavy atom. The van der Waals surface area contributed by atoms with E-state index in [1.54, 1.807) is 29.7 Å². The predicted molar refractivity (Wildman–Crippen MR) is 154 cm³/mol. The Balaban J connectivity index is 1.76. The molecule has 3 aromatic rings. The number of carbonyl (C=O) groups excluding carboxylic acids is 1. The number of hydrogen-bond acceptors (Lipinski definition) is 8. The molecule has 10 nitrogen and oxygen atoms in total. The molecule has 0 saturated heterocycles. The van der Waals surface area contributed by atoms with E-state index in [1.807, 2.05) is 51.4 Å². The van der Waals surface area contributed by atoms with E-state index in [4.69, 9.17) is 29.9 Å². The summed E-state index contributed by atoms with van der Waals surface area (Å²) in [7, 11) is 0.670. The molecule has 1 aromatic heterocycles. The first-order valence-electron chi connectivity index (χ1n) is 12.9. The number of phosphoric ester groups is 1. The second-order valence-electron chi connectivity index (χ2n) is 9.59. The molecule has 0 aliphatic carbocycles. The van der Waals surface area contributed by atoms with E-state index < -0.39 is 13.9 Å². The molecule has 0 fully saturated rings. The van der Waals surface area contributed by atoms with Gasteiger partial charge in [-0.2, -0.15) is 0 Å². The number of rotatable bonds is 14. The van der Waals surface area contributed by atoms with Crippen LogP contribution in [0.3, 0.4) is 0 Å². The minimum atomic E-state index is -3.66. The summed E-state index contributed by atoms with van der Waals surface area (Å²) in [5.41, 5.74) is 2.99. The van der Waals surface area contributed by atoms with Crippen molar-refractivity contribution in [2.24, 2.45) is 7.05 Å². The average molecular weight is 594 g/mol. The highest BCUT2D eigenvalue weighted by Gasteiger charge is 2.24. The molecule has 2 atom stereocenters. The lowest BCUT2D eigenvalue weighted by molar-refractivity contribution is 0.0927. The Morgan fingerprint density at radius 2 is 1.80 bits per heavy atom. The van der Waals surface area contributed by atoms with Crippen LogP contribution in [0.25, 0.3) is 11.3 Å². The van der Waals surface area contributed by atoms with Crippen molar-refractivity contribution in [2.45, 2.75) is 51.9 Å². The van der Waals surface area contributed by atoms with Crippen molar-refractivity contribution >= 4 is 25.3 Å². The number of aliphatic hydroxyl groups excluding tert-OH is 1. The number of imidazole rings is 1. The van der Waals surface area contributed by atoms with Crippen LogP contribution >= 0.6 is 19.4 Å². The highest BCUT2D eigenvalue weighted by Crippen LogP contribution is 2.47. The van der Waals surface area contributed by atoms with Gasteiger partial charge >= 0.3 is 7.82 Å². The largest absolute Gasteiger partial charge is 0.489 e. The number of hydrogen-bond donors (Lipinski definition) is 2. The molecule has 0 aliphatic heterocycles. The van der Waals surface area contributed by atoms with Gasteiger partial charge in [0.2, 0.25) is 0 Å². The zero-order valence-electron chi connectivity index (χ0n) is 23.6. The zero-order chi connectivity index (χ0) is 29.4. The third-order valence-corrected chi connectivity index (χ3v) is 7.76. The van der Waals surface area contributed by atoms with Crippen LogP contribution in [0.4, 0.5) is 0 Å². The third-order valence-electron chi connectivity index (χ3n) is 6.07. The van der Waals surface area contributed by atoms with Crippen molar-refractivity contribution in [3.8, 4) is 17.0 Å². The maximum atomic E-state index is 13.1. The van der Waals surface area contributed by atoms with E-state index in [0.29, 0.717) is 35.0 Å². The molecule has 0 spiro atoms. The number of nitrogens with zero attached hydrogens (tertiary/aromatic N) is 2. The van der Waals surface area contributed by atoms with Crippen LogP contribution in [0.5, 0.6) is 5.75 Å². The van der Waals surface area contributed by atoms with Crippen molar-refractivity contribution in [3.05, 3.63) is 70.6 Å². The molecular formula is C28H37ClN3O7P. The predicted octanol–water partition coefficient (Wildman–Crippen LogP) is 5.73. The van der Waals surface area contributed by atoms with Gasteiger partial charge in [0.05, 0.1) is 23.4 Å². The summed E-state index contributed by atoms with van der Waals surface area (Å²) in [6, 6.07) is 12.3. The van der Waals surface area contributed by atoms with Gasteiger partial charge < -0.3 is 19.7 Å². The van der Waals surface area contributed by atoms with Gasteiger partial charge in [-0.3, -0.25) is 18.4 Å². The summed E-state index contributed by atoms with van der Waals surface area (Å²) < 4.78 is 34.8. The van der Waals surface area contributed by atoms with Crippen molar-refractivity contribution in [3.63, 3.8) is 0 Å². The lowest BCUT2D eigenvalue weighted by Gasteiger charge is -2.21. The molecule has 0 radical (unpaired) electrons. The molecule has 40 heavy (non-hydrogen) atoms. The zero-order valence-corrected chi connectivity index (χ0v) is 25.2. The number of aliphatic hydroxyl groups is 1. The number of benzene rings is 2. The second-order valence-corrected chi connectivity index (χ2v) is 11.9. The minimum absolute atomic E-state index is 0.0277. The summed E-state index contributed by atoms with van der Waals surface area (Å²) in [6.07, 6.45) is 1.95. The third kappa shape index (κ3) is 8.64. The van der Waals surface area contributed by atoms with E-state index >= 15 is 0 Å². The standard InChI is InChI=1S/C28H37ClN3O7P/c1-18(2)39-26-12-11-22(16-24(26)29)28(34)30-23(13-14-38-40(35,36-5)37-6)15-20-7-9-21(10-8-20)25-17-32(4)27(31-25)19(3)33/h7-12,16-19,23,33H,13-15H2,1-6H3,(H,30,34)/t19?,23-/m1/s1. The first-order valence-corrected chi connectivity index (χ1v) is 14.7. The Bertz CT molecular complexity index is 1320. The van der Waals surface area contributed by atoms with Gasteiger partial charge in [-0.1, -0.05) is 35.9 Å². The van der Waals surface area contributed by atoms with Gasteiger partial charge in [-0.25, -0.2) is 9.55 Å². The Morgan fingerprint density at radius 1 is 1.12 bits per heavy atom. The number of phosphoric acid groups is 1. The molecular weight excluding hydrogens is 557 g/mol. The Kier molecular flexibility index (Phi) is 11.3. The minimum Gasteiger partial charge on any atom is -0.489 e. The second kappa shape index (κ2) is 14.3.